The highest BCUT2D eigenvalue weighted by atomic mass is 16.5. The highest BCUT2D eigenvalue weighted by Gasteiger charge is 2.39. The fourth-order valence-corrected chi connectivity index (χ4v) is 3.69. The zero-order chi connectivity index (χ0) is 13.2. The molecule has 0 aromatic carbocycles. The van der Waals surface area contributed by atoms with Crippen molar-refractivity contribution in [3.63, 3.8) is 0 Å². The highest BCUT2D eigenvalue weighted by Crippen LogP contribution is 2.45. The van der Waals surface area contributed by atoms with E-state index in [1.807, 2.05) is 0 Å². The number of nitrogens with zero attached hydrogens (tertiary/aromatic N) is 1. The van der Waals surface area contributed by atoms with Crippen LogP contribution in [0.3, 0.4) is 0 Å². The summed E-state index contributed by atoms with van der Waals surface area (Å²) in [6.45, 7) is 6.77. The Bertz CT molecular complexity index is 310. The zero-order valence-electron chi connectivity index (χ0n) is 12.1. The third kappa shape index (κ3) is 3.06. The van der Waals surface area contributed by atoms with Crippen molar-refractivity contribution in [3.05, 3.63) is 0 Å². The van der Waals surface area contributed by atoms with Crippen molar-refractivity contribution in [2.45, 2.75) is 77.9 Å². The number of hydrogen-bond donors (Lipinski definition) is 0. The SMILES string of the molecule is CC1CCC(CC2(C#N)CCC(C(C)C)CC2)O1. The van der Waals surface area contributed by atoms with Gasteiger partial charge in [0, 0.05) is 0 Å². The Hall–Kier alpha value is -0.550. The second-order valence-corrected chi connectivity index (χ2v) is 6.82. The van der Waals surface area contributed by atoms with E-state index in [-0.39, 0.29) is 5.41 Å². The van der Waals surface area contributed by atoms with Crippen molar-refractivity contribution in [2.75, 3.05) is 0 Å². The lowest BCUT2D eigenvalue weighted by atomic mass is 9.66. The maximum atomic E-state index is 9.59. The average Bonchev–Trinajstić information content (AvgIpc) is 2.75. The van der Waals surface area contributed by atoms with Gasteiger partial charge in [0.15, 0.2) is 0 Å². The van der Waals surface area contributed by atoms with Gasteiger partial charge in [-0.3, -0.25) is 0 Å². The second-order valence-electron chi connectivity index (χ2n) is 6.82. The lowest BCUT2D eigenvalue weighted by molar-refractivity contribution is 0.0198. The maximum Gasteiger partial charge on any atom is 0.0690 e. The minimum absolute atomic E-state index is 0.0832. The number of hydrogen-bond acceptors (Lipinski definition) is 2. The number of rotatable bonds is 3. The molecule has 2 atom stereocenters. The molecular formula is C16H27NO. The highest BCUT2D eigenvalue weighted by molar-refractivity contribution is 5.03. The van der Waals surface area contributed by atoms with Crippen molar-refractivity contribution in [2.24, 2.45) is 17.3 Å². The van der Waals surface area contributed by atoms with E-state index in [2.05, 4.69) is 26.8 Å². The summed E-state index contributed by atoms with van der Waals surface area (Å²) < 4.78 is 5.91. The Morgan fingerprint density at radius 3 is 2.33 bits per heavy atom. The van der Waals surface area contributed by atoms with Gasteiger partial charge >= 0.3 is 0 Å². The molecule has 0 aromatic rings. The minimum Gasteiger partial charge on any atom is -0.375 e. The second kappa shape index (κ2) is 5.61. The molecule has 2 aliphatic rings. The molecular weight excluding hydrogens is 222 g/mol. The van der Waals surface area contributed by atoms with Gasteiger partial charge in [0.25, 0.3) is 0 Å². The topological polar surface area (TPSA) is 33.0 Å². The van der Waals surface area contributed by atoms with Gasteiger partial charge in [-0.1, -0.05) is 13.8 Å². The van der Waals surface area contributed by atoms with Crippen molar-refractivity contribution < 1.29 is 4.74 Å². The first-order valence-electron chi connectivity index (χ1n) is 7.61. The summed E-state index contributed by atoms with van der Waals surface area (Å²) in [5, 5.41) is 9.59. The zero-order valence-corrected chi connectivity index (χ0v) is 12.1. The number of ether oxygens (including phenoxy) is 1. The predicted octanol–water partition coefficient (Wildman–Crippen LogP) is 4.30. The van der Waals surface area contributed by atoms with Gasteiger partial charge in [-0.05, 0) is 63.7 Å². The molecule has 2 heteroatoms. The summed E-state index contributed by atoms with van der Waals surface area (Å²) in [7, 11) is 0. The first-order valence-corrected chi connectivity index (χ1v) is 7.61. The Balaban J connectivity index is 1.91. The number of nitriles is 1. The average molecular weight is 249 g/mol. The molecule has 0 radical (unpaired) electrons. The molecule has 102 valence electrons. The van der Waals surface area contributed by atoms with Gasteiger partial charge in [-0.15, -0.1) is 0 Å². The smallest absolute Gasteiger partial charge is 0.0690 e. The summed E-state index contributed by atoms with van der Waals surface area (Å²) >= 11 is 0. The van der Waals surface area contributed by atoms with E-state index in [1.54, 1.807) is 0 Å². The van der Waals surface area contributed by atoms with Crippen LogP contribution in [-0.4, -0.2) is 12.2 Å². The van der Waals surface area contributed by atoms with E-state index < -0.39 is 0 Å². The predicted molar refractivity (Wildman–Crippen MR) is 73.0 cm³/mol. The van der Waals surface area contributed by atoms with Crippen LogP contribution in [0.5, 0.6) is 0 Å². The van der Waals surface area contributed by atoms with E-state index in [9.17, 15) is 5.26 Å². The molecule has 1 heterocycles. The molecule has 0 N–H and O–H groups in total. The van der Waals surface area contributed by atoms with Crippen molar-refractivity contribution in [1.29, 1.82) is 5.26 Å². The van der Waals surface area contributed by atoms with Crippen molar-refractivity contribution >= 4 is 0 Å². The molecule has 1 aliphatic carbocycles. The van der Waals surface area contributed by atoms with Crippen LogP contribution in [0.15, 0.2) is 0 Å². The van der Waals surface area contributed by atoms with E-state index in [0.29, 0.717) is 12.2 Å². The Kier molecular flexibility index (Phi) is 4.33. The van der Waals surface area contributed by atoms with E-state index in [0.717, 1.165) is 37.5 Å². The molecule has 0 spiro atoms. The van der Waals surface area contributed by atoms with Crippen LogP contribution in [0.4, 0.5) is 0 Å². The molecule has 18 heavy (non-hydrogen) atoms. The van der Waals surface area contributed by atoms with Crippen LogP contribution >= 0.6 is 0 Å². The Labute approximate surface area is 112 Å². The van der Waals surface area contributed by atoms with Crippen LogP contribution < -0.4 is 0 Å². The van der Waals surface area contributed by atoms with Gasteiger partial charge in [0.2, 0.25) is 0 Å². The van der Waals surface area contributed by atoms with Crippen molar-refractivity contribution in [1.82, 2.24) is 0 Å². The van der Waals surface area contributed by atoms with Gasteiger partial charge < -0.3 is 4.74 Å². The van der Waals surface area contributed by atoms with Gasteiger partial charge in [-0.25, -0.2) is 0 Å². The van der Waals surface area contributed by atoms with Crippen LogP contribution in [-0.2, 0) is 4.74 Å². The van der Waals surface area contributed by atoms with E-state index >= 15 is 0 Å². The summed E-state index contributed by atoms with van der Waals surface area (Å²) in [6.07, 6.45) is 8.66. The fourth-order valence-electron chi connectivity index (χ4n) is 3.69. The molecule has 0 aromatic heterocycles. The summed E-state index contributed by atoms with van der Waals surface area (Å²) in [5.74, 6) is 1.60. The van der Waals surface area contributed by atoms with Crippen LogP contribution in [0.2, 0.25) is 0 Å². The van der Waals surface area contributed by atoms with E-state index in [1.165, 1.54) is 19.3 Å². The summed E-state index contributed by atoms with van der Waals surface area (Å²) in [4.78, 5) is 0. The molecule has 1 saturated heterocycles. The quantitative estimate of drug-likeness (QED) is 0.747. The lowest BCUT2D eigenvalue weighted by Crippen LogP contribution is -2.31. The lowest BCUT2D eigenvalue weighted by Gasteiger charge is -2.37. The van der Waals surface area contributed by atoms with Gasteiger partial charge in [0.05, 0.1) is 23.7 Å². The third-order valence-electron chi connectivity index (χ3n) is 5.11. The molecule has 2 fully saturated rings. The van der Waals surface area contributed by atoms with Gasteiger partial charge in [0.1, 0.15) is 0 Å². The molecule has 2 unspecified atom stereocenters. The Morgan fingerprint density at radius 1 is 1.22 bits per heavy atom. The maximum absolute atomic E-state index is 9.59. The molecule has 2 nitrogen and oxygen atoms in total. The minimum atomic E-state index is -0.0832. The normalized spacial score (nSPS) is 40.9. The molecule has 2 rings (SSSR count). The summed E-state index contributed by atoms with van der Waals surface area (Å²) in [6, 6.07) is 2.64. The Morgan fingerprint density at radius 2 is 1.89 bits per heavy atom. The standard InChI is InChI=1S/C16H27NO/c1-12(2)14-6-8-16(11-17,9-7-14)10-15-5-4-13(3)18-15/h12-15H,4-10H2,1-3H3. The van der Waals surface area contributed by atoms with E-state index in [4.69, 9.17) is 4.74 Å². The van der Waals surface area contributed by atoms with Crippen LogP contribution in [0.25, 0.3) is 0 Å². The van der Waals surface area contributed by atoms with Crippen molar-refractivity contribution in [3.8, 4) is 6.07 Å². The van der Waals surface area contributed by atoms with Crippen LogP contribution in [0.1, 0.15) is 65.7 Å². The molecule has 1 aliphatic heterocycles. The third-order valence-corrected chi connectivity index (χ3v) is 5.11. The van der Waals surface area contributed by atoms with Gasteiger partial charge in [-0.2, -0.15) is 5.26 Å². The largest absolute Gasteiger partial charge is 0.375 e. The first-order chi connectivity index (χ1) is 8.54. The summed E-state index contributed by atoms with van der Waals surface area (Å²) in [5.41, 5.74) is -0.0832. The molecule has 0 bridgehead atoms. The molecule has 0 amide bonds. The first kappa shape index (κ1) is 13.9. The monoisotopic (exact) mass is 249 g/mol. The fraction of sp³-hybridized carbons (Fsp3) is 0.938. The molecule has 1 saturated carbocycles. The van der Waals surface area contributed by atoms with Crippen LogP contribution in [0, 0.1) is 28.6 Å².